The first kappa shape index (κ1) is 33.6. The first-order valence-corrected chi connectivity index (χ1v) is 17.4. The monoisotopic (exact) mass is 709 g/mol. The molecule has 3 aromatic carbocycles. The summed E-state index contributed by atoms with van der Waals surface area (Å²) in [5.74, 6) is -0.469. The predicted molar refractivity (Wildman–Crippen MR) is 198 cm³/mol. The van der Waals surface area contributed by atoms with Crippen LogP contribution in [0.4, 0.5) is 5.69 Å². The van der Waals surface area contributed by atoms with Crippen LogP contribution in [0.25, 0.3) is 32.9 Å². The lowest BCUT2D eigenvalue weighted by Gasteiger charge is -2.23. The summed E-state index contributed by atoms with van der Waals surface area (Å²) in [6.45, 7) is 9.41. The van der Waals surface area contributed by atoms with Crippen LogP contribution in [0, 0.1) is 27.7 Å². The molecule has 7 rings (SSSR count). The van der Waals surface area contributed by atoms with Gasteiger partial charge in [0.25, 0.3) is 5.91 Å². The highest BCUT2D eigenvalue weighted by Crippen LogP contribution is 2.43. The van der Waals surface area contributed by atoms with Gasteiger partial charge in [-0.1, -0.05) is 29.3 Å². The molecule has 0 saturated carbocycles. The van der Waals surface area contributed by atoms with Crippen LogP contribution in [0.2, 0.25) is 10.0 Å². The molecule has 0 fully saturated rings. The number of carbonyl (C=O) groups is 2. The van der Waals surface area contributed by atoms with Crippen molar-refractivity contribution < 1.29 is 19.4 Å². The fourth-order valence-electron chi connectivity index (χ4n) is 7.43. The second-order valence-electron chi connectivity index (χ2n) is 12.9. The standard InChI is InChI=1S/C39H37Cl2N5O4/c1-21-19-25(20-22(2)34(21)41)50-18-7-10-26-27-11-13-30(40)33(32-23(3)43-44(5)24(32)4)36(27)46-17-8-16-45(38(47)37(26)46)31-14-12-29(39(48)49)35-28(31)9-6-15-42-35/h6,9,11-15,19-20H,7-8,10,16-18H2,1-5H3,(H,48,49). The number of amides is 1. The Morgan fingerprint density at radius 1 is 0.980 bits per heavy atom. The number of pyridine rings is 1. The first-order valence-electron chi connectivity index (χ1n) is 16.6. The number of aryl methyl sites for hydroxylation is 6. The first-order chi connectivity index (χ1) is 24.0. The van der Waals surface area contributed by atoms with Gasteiger partial charge in [0, 0.05) is 58.9 Å². The van der Waals surface area contributed by atoms with Gasteiger partial charge in [0.05, 0.1) is 39.6 Å². The van der Waals surface area contributed by atoms with E-state index < -0.39 is 5.97 Å². The highest BCUT2D eigenvalue weighted by atomic mass is 35.5. The van der Waals surface area contributed by atoms with E-state index in [9.17, 15) is 14.7 Å². The molecule has 256 valence electrons. The molecule has 3 aromatic heterocycles. The Hall–Kier alpha value is -4.86. The topological polar surface area (TPSA) is 102 Å². The highest BCUT2D eigenvalue weighted by Gasteiger charge is 2.33. The van der Waals surface area contributed by atoms with Crippen LogP contribution in [0.3, 0.4) is 0 Å². The summed E-state index contributed by atoms with van der Waals surface area (Å²) in [4.78, 5) is 33.2. The normalized spacial score (nSPS) is 13.3. The molecule has 0 saturated heterocycles. The maximum Gasteiger partial charge on any atom is 0.337 e. The van der Waals surface area contributed by atoms with Gasteiger partial charge in [-0.25, -0.2) is 4.79 Å². The van der Waals surface area contributed by atoms with Crippen molar-refractivity contribution in [1.29, 1.82) is 0 Å². The van der Waals surface area contributed by atoms with Crippen molar-refractivity contribution in [2.24, 2.45) is 7.05 Å². The summed E-state index contributed by atoms with van der Waals surface area (Å²) in [7, 11) is 1.92. The summed E-state index contributed by atoms with van der Waals surface area (Å²) in [5, 5.41) is 17.5. The lowest BCUT2D eigenvalue weighted by molar-refractivity contribution is 0.0698. The van der Waals surface area contributed by atoms with Gasteiger partial charge in [-0.2, -0.15) is 5.10 Å². The number of hydrogen-bond donors (Lipinski definition) is 1. The minimum atomic E-state index is -1.07. The van der Waals surface area contributed by atoms with Crippen LogP contribution in [0.5, 0.6) is 5.75 Å². The molecule has 4 heterocycles. The molecule has 1 aliphatic rings. The van der Waals surface area contributed by atoms with E-state index in [1.54, 1.807) is 23.2 Å². The molecule has 0 aliphatic carbocycles. The molecule has 0 atom stereocenters. The second-order valence-corrected chi connectivity index (χ2v) is 13.7. The molecule has 6 aromatic rings. The van der Waals surface area contributed by atoms with Gasteiger partial charge in [0.1, 0.15) is 11.4 Å². The van der Waals surface area contributed by atoms with Crippen LogP contribution in [0.1, 0.15) is 61.8 Å². The van der Waals surface area contributed by atoms with Crippen LogP contribution in [0.15, 0.2) is 54.7 Å². The summed E-state index contributed by atoms with van der Waals surface area (Å²) in [6, 6.07) is 14.7. The molecule has 0 spiro atoms. The number of hydrogen-bond acceptors (Lipinski definition) is 5. The third-order valence-electron chi connectivity index (χ3n) is 9.77. The van der Waals surface area contributed by atoms with Crippen molar-refractivity contribution >= 4 is 62.6 Å². The minimum Gasteiger partial charge on any atom is -0.494 e. The number of ether oxygens (including phenoxy) is 1. The Labute approximate surface area is 300 Å². The Kier molecular flexibility index (Phi) is 8.82. The number of carboxylic acids is 1. The van der Waals surface area contributed by atoms with Crippen molar-refractivity contribution in [3.63, 3.8) is 0 Å². The summed E-state index contributed by atoms with van der Waals surface area (Å²) >= 11 is 13.4. The molecular weight excluding hydrogens is 673 g/mol. The molecule has 0 bridgehead atoms. The van der Waals surface area contributed by atoms with Gasteiger partial charge >= 0.3 is 5.97 Å². The number of aromatic carboxylic acids is 1. The molecule has 9 nitrogen and oxygen atoms in total. The summed E-state index contributed by atoms with van der Waals surface area (Å²) in [5.41, 5.74) is 9.07. The average molecular weight is 711 g/mol. The Bertz CT molecular complexity index is 2340. The van der Waals surface area contributed by atoms with E-state index in [4.69, 9.17) is 33.0 Å². The number of aromatic nitrogens is 4. The van der Waals surface area contributed by atoms with Gasteiger partial charge in [0.15, 0.2) is 0 Å². The van der Waals surface area contributed by atoms with Gasteiger partial charge in [-0.3, -0.25) is 14.5 Å². The van der Waals surface area contributed by atoms with E-state index in [1.165, 1.54) is 6.07 Å². The van der Waals surface area contributed by atoms with Gasteiger partial charge in [-0.15, -0.1) is 0 Å². The minimum absolute atomic E-state index is 0.0917. The molecule has 1 aliphatic heterocycles. The number of nitrogens with zero attached hydrogens (tertiary/aromatic N) is 5. The lowest BCUT2D eigenvalue weighted by atomic mass is 9.98. The number of carboxylic acid groups (broad SMARTS) is 1. The quantitative estimate of drug-likeness (QED) is 0.158. The van der Waals surface area contributed by atoms with Crippen molar-refractivity contribution in [2.45, 2.75) is 53.5 Å². The van der Waals surface area contributed by atoms with E-state index in [0.717, 1.165) is 60.9 Å². The number of fused-ring (bicyclic) bond motifs is 4. The molecule has 11 heteroatoms. The fraction of sp³-hybridized carbons (Fsp3) is 0.282. The Morgan fingerprint density at radius 3 is 2.44 bits per heavy atom. The third kappa shape index (κ3) is 5.58. The molecular formula is C39H37Cl2N5O4. The molecule has 1 N–H and O–H groups in total. The zero-order valence-electron chi connectivity index (χ0n) is 28.6. The maximum absolute atomic E-state index is 15.0. The molecule has 1 amide bonds. The summed E-state index contributed by atoms with van der Waals surface area (Å²) < 4.78 is 10.2. The number of carbonyl (C=O) groups excluding carboxylic acids is 1. The SMILES string of the molecule is Cc1cc(OCCCc2c3n(c4c(-c5c(C)nn(C)c5C)c(Cl)ccc24)CCCN(c2ccc(C(=O)O)c4ncccc24)C3=O)cc(C)c1Cl. The van der Waals surface area contributed by atoms with E-state index in [2.05, 4.69) is 9.55 Å². The molecule has 0 radical (unpaired) electrons. The zero-order chi connectivity index (χ0) is 35.4. The number of rotatable bonds is 8. The van der Waals surface area contributed by atoms with Crippen LogP contribution < -0.4 is 9.64 Å². The fourth-order valence-corrected chi connectivity index (χ4v) is 7.78. The molecule has 50 heavy (non-hydrogen) atoms. The van der Waals surface area contributed by atoms with Gasteiger partial charge < -0.3 is 19.3 Å². The van der Waals surface area contributed by atoms with E-state index in [1.807, 2.05) is 69.8 Å². The zero-order valence-corrected chi connectivity index (χ0v) is 30.1. The van der Waals surface area contributed by atoms with Crippen LogP contribution in [-0.2, 0) is 20.0 Å². The largest absolute Gasteiger partial charge is 0.494 e. The van der Waals surface area contributed by atoms with Crippen molar-refractivity contribution in [3.05, 3.63) is 104 Å². The van der Waals surface area contributed by atoms with Crippen molar-refractivity contribution in [1.82, 2.24) is 19.3 Å². The van der Waals surface area contributed by atoms with Gasteiger partial charge in [0.2, 0.25) is 0 Å². The third-order valence-corrected chi connectivity index (χ3v) is 10.7. The van der Waals surface area contributed by atoms with E-state index in [-0.39, 0.29) is 11.5 Å². The number of anilines is 1. The Balaban J connectivity index is 1.37. The number of halogens is 2. The average Bonchev–Trinajstić information content (AvgIpc) is 3.46. The van der Waals surface area contributed by atoms with Crippen molar-refractivity contribution in [3.8, 4) is 16.9 Å². The second kappa shape index (κ2) is 13.1. The maximum atomic E-state index is 15.0. The van der Waals surface area contributed by atoms with Crippen LogP contribution in [-0.4, -0.2) is 49.5 Å². The smallest absolute Gasteiger partial charge is 0.337 e. The number of benzene rings is 3. The van der Waals surface area contributed by atoms with E-state index in [0.29, 0.717) is 66.3 Å². The lowest BCUT2D eigenvalue weighted by Crippen LogP contribution is -2.32. The highest BCUT2D eigenvalue weighted by molar-refractivity contribution is 6.35. The Morgan fingerprint density at radius 2 is 1.74 bits per heavy atom. The van der Waals surface area contributed by atoms with Crippen LogP contribution >= 0.6 is 23.2 Å². The predicted octanol–water partition coefficient (Wildman–Crippen LogP) is 8.89. The summed E-state index contributed by atoms with van der Waals surface area (Å²) in [6.07, 6.45) is 3.47. The molecule has 0 unspecified atom stereocenters. The van der Waals surface area contributed by atoms with Gasteiger partial charge in [-0.05, 0) is 106 Å². The van der Waals surface area contributed by atoms with Crippen molar-refractivity contribution in [2.75, 3.05) is 18.1 Å². The van der Waals surface area contributed by atoms with E-state index >= 15 is 0 Å².